The molecule has 0 radical (unpaired) electrons. The van der Waals surface area contributed by atoms with E-state index < -0.39 is 5.60 Å². The first kappa shape index (κ1) is 16.6. The molecule has 8 heteroatoms. The summed E-state index contributed by atoms with van der Waals surface area (Å²) < 4.78 is 5.38. The van der Waals surface area contributed by atoms with Crippen LogP contribution in [0.2, 0.25) is 5.28 Å². The molecule has 1 aromatic rings. The molecule has 1 aliphatic rings. The average molecular weight is 328 g/mol. The van der Waals surface area contributed by atoms with Gasteiger partial charge in [-0.25, -0.2) is 9.78 Å². The number of rotatable bonds is 1. The number of ether oxygens (including phenoxy) is 1. The van der Waals surface area contributed by atoms with Crippen molar-refractivity contribution < 1.29 is 9.53 Å². The van der Waals surface area contributed by atoms with Crippen LogP contribution in [0.25, 0.3) is 0 Å². The van der Waals surface area contributed by atoms with Gasteiger partial charge in [-0.3, -0.25) is 0 Å². The Morgan fingerprint density at radius 1 is 1.23 bits per heavy atom. The summed E-state index contributed by atoms with van der Waals surface area (Å²) in [5, 5.41) is 0.177. The molecular formula is C14H22ClN5O2. The van der Waals surface area contributed by atoms with Crippen molar-refractivity contribution in [2.75, 3.05) is 36.8 Å². The Morgan fingerprint density at radius 3 is 2.36 bits per heavy atom. The summed E-state index contributed by atoms with van der Waals surface area (Å²) in [6.07, 6.45) is -0.294. The first-order chi connectivity index (χ1) is 10.2. The monoisotopic (exact) mass is 327 g/mol. The molecule has 1 aliphatic heterocycles. The standard InChI is InChI=1S/C14H22ClN5O2/c1-9-10(16)11(18-12(15)17-9)19-5-7-20(8-6-19)13(21)22-14(2,3)4/h5-8,16H2,1-4H3. The van der Waals surface area contributed by atoms with E-state index >= 15 is 0 Å². The molecule has 0 spiro atoms. The fraction of sp³-hybridized carbons (Fsp3) is 0.643. The number of aryl methyl sites for hydroxylation is 1. The number of anilines is 2. The van der Waals surface area contributed by atoms with Crippen LogP contribution in [0.15, 0.2) is 0 Å². The number of carbonyl (C=O) groups is 1. The highest BCUT2D eigenvalue weighted by Gasteiger charge is 2.27. The predicted octanol–water partition coefficient (Wildman–Crippen LogP) is 2.08. The third-order valence-electron chi connectivity index (χ3n) is 3.32. The molecule has 0 unspecified atom stereocenters. The summed E-state index contributed by atoms with van der Waals surface area (Å²) in [7, 11) is 0. The zero-order chi connectivity index (χ0) is 16.5. The molecule has 1 aromatic heterocycles. The lowest BCUT2D eigenvalue weighted by Crippen LogP contribution is -2.50. The highest BCUT2D eigenvalue weighted by molar-refractivity contribution is 6.28. The Kier molecular flexibility index (Phi) is 4.65. The third-order valence-corrected chi connectivity index (χ3v) is 3.49. The molecule has 7 nitrogen and oxygen atoms in total. The molecule has 2 N–H and O–H groups in total. The van der Waals surface area contributed by atoms with E-state index in [-0.39, 0.29) is 11.4 Å². The van der Waals surface area contributed by atoms with E-state index in [1.807, 2.05) is 25.7 Å². The molecule has 1 amide bonds. The van der Waals surface area contributed by atoms with Crippen LogP contribution >= 0.6 is 11.6 Å². The van der Waals surface area contributed by atoms with Crippen molar-refractivity contribution >= 4 is 29.2 Å². The second kappa shape index (κ2) is 6.16. The van der Waals surface area contributed by atoms with Gasteiger partial charge in [0.05, 0.1) is 11.4 Å². The van der Waals surface area contributed by atoms with Crippen molar-refractivity contribution in [1.29, 1.82) is 0 Å². The Hall–Kier alpha value is -1.76. The SMILES string of the molecule is Cc1nc(Cl)nc(N2CCN(C(=O)OC(C)(C)C)CC2)c1N. The summed E-state index contributed by atoms with van der Waals surface area (Å²) in [5.74, 6) is 0.626. The first-order valence-electron chi connectivity index (χ1n) is 7.20. The zero-order valence-electron chi connectivity index (χ0n) is 13.4. The Morgan fingerprint density at radius 2 is 1.82 bits per heavy atom. The highest BCUT2D eigenvalue weighted by atomic mass is 35.5. The quantitative estimate of drug-likeness (QED) is 0.795. The highest BCUT2D eigenvalue weighted by Crippen LogP contribution is 2.25. The minimum Gasteiger partial charge on any atom is -0.444 e. The van der Waals surface area contributed by atoms with Gasteiger partial charge < -0.3 is 20.3 Å². The van der Waals surface area contributed by atoms with Gasteiger partial charge in [-0.05, 0) is 39.3 Å². The fourth-order valence-corrected chi connectivity index (χ4v) is 2.41. The second-order valence-corrected chi connectivity index (χ2v) is 6.61. The lowest BCUT2D eigenvalue weighted by Gasteiger charge is -2.36. The number of hydrogen-bond donors (Lipinski definition) is 1. The first-order valence-corrected chi connectivity index (χ1v) is 7.57. The average Bonchev–Trinajstić information content (AvgIpc) is 2.41. The van der Waals surface area contributed by atoms with Crippen molar-refractivity contribution in [1.82, 2.24) is 14.9 Å². The molecule has 0 saturated carbocycles. The molecule has 22 heavy (non-hydrogen) atoms. The molecule has 0 aliphatic carbocycles. The Bertz CT molecular complexity index is 565. The van der Waals surface area contributed by atoms with Gasteiger partial charge in [-0.15, -0.1) is 0 Å². The predicted molar refractivity (Wildman–Crippen MR) is 86.2 cm³/mol. The van der Waals surface area contributed by atoms with E-state index in [0.29, 0.717) is 43.4 Å². The maximum Gasteiger partial charge on any atom is 0.410 e. The van der Waals surface area contributed by atoms with Gasteiger partial charge in [-0.2, -0.15) is 4.98 Å². The number of piperazine rings is 1. The van der Waals surface area contributed by atoms with E-state index in [0.717, 1.165) is 0 Å². The molecule has 1 fully saturated rings. The van der Waals surface area contributed by atoms with E-state index in [1.165, 1.54) is 0 Å². The van der Waals surface area contributed by atoms with Gasteiger partial charge in [0.1, 0.15) is 5.60 Å². The summed E-state index contributed by atoms with van der Waals surface area (Å²) in [6, 6.07) is 0. The van der Waals surface area contributed by atoms with Gasteiger partial charge in [0.2, 0.25) is 5.28 Å². The molecule has 2 rings (SSSR count). The molecule has 2 heterocycles. The van der Waals surface area contributed by atoms with Crippen LogP contribution in [0, 0.1) is 6.92 Å². The molecule has 0 bridgehead atoms. The van der Waals surface area contributed by atoms with E-state index in [1.54, 1.807) is 11.8 Å². The van der Waals surface area contributed by atoms with Crippen molar-refractivity contribution in [3.63, 3.8) is 0 Å². The van der Waals surface area contributed by atoms with Crippen LogP contribution in [0.3, 0.4) is 0 Å². The molecule has 122 valence electrons. The van der Waals surface area contributed by atoms with E-state index in [2.05, 4.69) is 9.97 Å². The second-order valence-electron chi connectivity index (χ2n) is 6.27. The Balaban J connectivity index is 2.02. The van der Waals surface area contributed by atoms with Gasteiger partial charge in [0.25, 0.3) is 0 Å². The van der Waals surface area contributed by atoms with Crippen LogP contribution in [0.4, 0.5) is 16.3 Å². The normalized spacial score (nSPS) is 15.9. The zero-order valence-corrected chi connectivity index (χ0v) is 14.1. The summed E-state index contributed by atoms with van der Waals surface area (Å²) >= 11 is 5.90. The van der Waals surface area contributed by atoms with Crippen molar-refractivity contribution in [3.05, 3.63) is 11.0 Å². The Labute approximate surface area is 135 Å². The number of nitrogens with two attached hydrogens (primary N) is 1. The summed E-state index contributed by atoms with van der Waals surface area (Å²) in [4.78, 5) is 24.0. The topological polar surface area (TPSA) is 84.6 Å². The molecule has 0 aromatic carbocycles. The van der Waals surface area contributed by atoms with E-state index in [4.69, 9.17) is 22.1 Å². The van der Waals surface area contributed by atoms with Gasteiger partial charge in [0, 0.05) is 26.2 Å². The number of hydrogen-bond acceptors (Lipinski definition) is 6. The minimum atomic E-state index is -0.490. The lowest BCUT2D eigenvalue weighted by atomic mass is 10.2. The van der Waals surface area contributed by atoms with Crippen molar-refractivity contribution in [3.8, 4) is 0 Å². The van der Waals surface area contributed by atoms with Crippen LogP contribution < -0.4 is 10.6 Å². The largest absolute Gasteiger partial charge is 0.444 e. The summed E-state index contributed by atoms with van der Waals surface area (Å²) in [5.41, 5.74) is 6.72. The number of nitrogen functional groups attached to an aromatic ring is 1. The van der Waals surface area contributed by atoms with E-state index in [9.17, 15) is 4.79 Å². The van der Waals surface area contributed by atoms with Crippen LogP contribution in [0.1, 0.15) is 26.5 Å². The smallest absolute Gasteiger partial charge is 0.410 e. The molecule has 0 atom stereocenters. The van der Waals surface area contributed by atoms with Crippen LogP contribution in [0.5, 0.6) is 0 Å². The van der Waals surface area contributed by atoms with Crippen molar-refractivity contribution in [2.24, 2.45) is 0 Å². The number of amides is 1. The summed E-state index contributed by atoms with van der Waals surface area (Å²) in [6.45, 7) is 9.70. The van der Waals surface area contributed by atoms with Crippen LogP contribution in [-0.2, 0) is 4.74 Å². The lowest BCUT2D eigenvalue weighted by molar-refractivity contribution is 0.0240. The number of halogens is 1. The molecular weight excluding hydrogens is 306 g/mol. The number of aromatic nitrogens is 2. The maximum atomic E-state index is 12.0. The van der Waals surface area contributed by atoms with Crippen molar-refractivity contribution in [2.45, 2.75) is 33.3 Å². The molecule has 1 saturated heterocycles. The maximum absolute atomic E-state index is 12.0. The fourth-order valence-electron chi connectivity index (χ4n) is 2.20. The number of nitrogens with zero attached hydrogens (tertiary/aromatic N) is 4. The van der Waals surface area contributed by atoms with Gasteiger partial charge >= 0.3 is 6.09 Å². The van der Waals surface area contributed by atoms with Crippen LogP contribution in [-0.4, -0.2) is 52.7 Å². The van der Waals surface area contributed by atoms with Gasteiger partial charge in [0.15, 0.2) is 5.82 Å². The van der Waals surface area contributed by atoms with Gasteiger partial charge in [-0.1, -0.05) is 0 Å². The third kappa shape index (κ3) is 3.91. The number of carbonyl (C=O) groups excluding carboxylic acids is 1. The minimum absolute atomic E-state index is 0.177.